The van der Waals surface area contributed by atoms with E-state index in [1.54, 1.807) is 19.3 Å². The number of halogens is 1. The van der Waals surface area contributed by atoms with Gasteiger partial charge in [0, 0.05) is 42.1 Å². The lowest BCUT2D eigenvalue weighted by Crippen LogP contribution is -2.29. The Hall–Kier alpha value is -1.44. The van der Waals surface area contributed by atoms with Crippen molar-refractivity contribution in [2.75, 3.05) is 19.3 Å². The molecule has 2 rings (SSSR count). The van der Waals surface area contributed by atoms with Crippen molar-refractivity contribution in [3.8, 4) is 0 Å². The van der Waals surface area contributed by atoms with E-state index in [4.69, 9.17) is 5.73 Å². The highest BCUT2D eigenvalue weighted by Gasteiger charge is 2.21. The fourth-order valence-corrected chi connectivity index (χ4v) is 3.52. The van der Waals surface area contributed by atoms with Crippen molar-refractivity contribution < 1.29 is 8.42 Å². The molecule has 21 heavy (non-hydrogen) atoms. The van der Waals surface area contributed by atoms with Gasteiger partial charge in [-0.05, 0) is 46.3 Å². The second-order valence-corrected chi connectivity index (χ2v) is 7.48. The van der Waals surface area contributed by atoms with E-state index in [0.717, 1.165) is 5.69 Å². The molecule has 0 aliphatic rings. The molecular formula is C14H16BrN3O2S. The number of nitrogens with zero attached hydrogens (tertiary/aromatic N) is 2. The summed E-state index contributed by atoms with van der Waals surface area (Å²) in [5, 5.41) is 0. The largest absolute Gasteiger partial charge is 0.398 e. The molecular weight excluding hydrogens is 354 g/mol. The van der Waals surface area contributed by atoms with Crippen LogP contribution in [-0.4, -0.2) is 31.3 Å². The highest BCUT2D eigenvalue weighted by molar-refractivity contribution is 9.10. The van der Waals surface area contributed by atoms with Gasteiger partial charge in [-0.3, -0.25) is 4.98 Å². The molecule has 0 aliphatic heterocycles. The highest BCUT2D eigenvalue weighted by atomic mass is 79.9. The molecule has 2 N–H and O–H groups in total. The number of anilines is 1. The molecule has 0 radical (unpaired) electrons. The number of aromatic nitrogens is 1. The number of nitrogens with two attached hydrogens (primary N) is 1. The van der Waals surface area contributed by atoms with E-state index in [0.29, 0.717) is 23.1 Å². The van der Waals surface area contributed by atoms with E-state index in [1.807, 2.05) is 18.2 Å². The number of hydrogen-bond donors (Lipinski definition) is 1. The lowest BCUT2D eigenvalue weighted by molar-refractivity contribution is 0.471. The summed E-state index contributed by atoms with van der Waals surface area (Å²) in [4.78, 5) is 4.40. The minimum absolute atomic E-state index is 0.215. The van der Waals surface area contributed by atoms with Gasteiger partial charge in [0.1, 0.15) is 0 Å². The third kappa shape index (κ3) is 3.81. The molecule has 0 atom stereocenters. The number of benzene rings is 1. The summed E-state index contributed by atoms with van der Waals surface area (Å²) in [5.74, 6) is 0. The molecule has 1 aromatic carbocycles. The summed E-state index contributed by atoms with van der Waals surface area (Å²) in [6.45, 7) is 0.362. The molecule has 1 heterocycles. The van der Waals surface area contributed by atoms with Crippen molar-refractivity contribution in [2.24, 2.45) is 0 Å². The third-order valence-electron chi connectivity index (χ3n) is 3.09. The van der Waals surface area contributed by atoms with Crippen LogP contribution in [0, 0.1) is 0 Å². The Morgan fingerprint density at radius 3 is 2.67 bits per heavy atom. The van der Waals surface area contributed by atoms with Crippen molar-refractivity contribution in [3.63, 3.8) is 0 Å². The maximum atomic E-state index is 12.5. The first-order valence-corrected chi connectivity index (χ1v) is 8.56. The zero-order chi connectivity index (χ0) is 15.5. The van der Waals surface area contributed by atoms with Gasteiger partial charge in [-0.1, -0.05) is 6.07 Å². The quantitative estimate of drug-likeness (QED) is 0.820. The predicted octanol–water partition coefficient (Wildman–Crippen LogP) is 2.29. The van der Waals surface area contributed by atoms with E-state index < -0.39 is 10.0 Å². The van der Waals surface area contributed by atoms with Gasteiger partial charge in [0.05, 0.1) is 4.90 Å². The Morgan fingerprint density at radius 1 is 1.29 bits per heavy atom. The Bertz CT molecular complexity index is 720. The number of hydrogen-bond acceptors (Lipinski definition) is 4. The Morgan fingerprint density at radius 2 is 2.05 bits per heavy atom. The first kappa shape index (κ1) is 15.9. The van der Waals surface area contributed by atoms with Crippen LogP contribution in [0.5, 0.6) is 0 Å². The van der Waals surface area contributed by atoms with Crippen LogP contribution in [0.3, 0.4) is 0 Å². The average Bonchev–Trinajstić information content (AvgIpc) is 2.48. The summed E-state index contributed by atoms with van der Waals surface area (Å²) in [7, 11) is -1.97. The molecule has 2 aromatic rings. The van der Waals surface area contributed by atoms with Crippen LogP contribution in [0.4, 0.5) is 5.69 Å². The van der Waals surface area contributed by atoms with Gasteiger partial charge >= 0.3 is 0 Å². The monoisotopic (exact) mass is 369 g/mol. The predicted molar refractivity (Wildman–Crippen MR) is 86.3 cm³/mol. The summed E-state index contributed by atoms with van der Waals surface area (Å²) in [6.07, 6.45) is 2.26. The van der Waals surface area contributed by atoms with Crippen molar-refractivity contribution in [1.29, 1.82) is 0 Å². The molecule has 7 heteroatoms. The zero-order valence-corrected chi connectivity index (χ0v) is 13.9. The van der Waals surface area contributed by atoms with Gasteiger partial charge in [-0.15, -0.1) is 0 Å². The lowest BCUT2D eigenvalue weighted by Gasteiger charge is -2.17. The maximum Gasteiger partial charge on any atom is 0.242 e. The molecule has 5 nitrogen and oxygen atoms in total. The van der Waals surface area contributed by atoms with Gasteiger partial charge in [0.25, 0.3) is 0 Å². The van der Waals surface area contributed by atoms with E-state index >= 15 is 0 Å². The SMILES string of the molecule is CN(CCc1ccccn1)S(=O)(=O)c1ccc(N)c(Br)c1. The van der Waals surface area contributed by atoms with Crippen LogP contribution >= 0.6 is 15.9 Å². The van der Waals surface area contributed by atoms with Gasteiger partial charge < -0.3 is 5.73 Å². The van der Waals surface area contributed by atoms with Crippen LogP contribution < -0.4 is 5.73 Å². The van der Waals surface area contributed by atoms with Gasteiger partial charge in [0.15, 0.2) is 0 Å². The Labute approximate surface area is 133 Å². The minimum atomic E-state index is -3.53. The molecule has 0 bridgehead atoms. The van der Waals surface area contributed by atoms with Crippen LogP contribution in [-0.2, 0) is 16.4 Å². The third-order valence-corrected chi connectivity index (χ3v) is 5.63. The summed E-state index contributed by atoms with van der Waals surface area (Å²) >= 11 is 3.25. The number of rotatable bonds is 5. The fourth-order valence-electron chi connectivity index (χ4n) is 1.79. The first-order valence-electron chi connectivity index (χ1n) is 6.32. The normalized spacial score (nSPS) is 11.8. The van der Waals surface area contributed by atoms with Gasteiger partial charge in [0.2, 0.25) is 10.0 Å². The number of sulfonamides is 1. The topological polar surface area (TPSA) is 76.3 Å². The second-order valence-electron chi connectivity index (χ2n) is 4.58. The van der Waals surface area contributed by atoms with Crippen molar-refractivity contribution in [1.82, 2.24) is 9.29 Å². The van der Waals surface area contributed by atoms with Crippen LogP contribution in [0.25, 0.3) is 0 Å². The first-order chi connectivity index (χ1) is 9.91. The molecule has 1 aromatic heterocycles. The molecule has 0 saturated carbocycles. The summed E-state index contributed by atoms with van der Waals surface area (Å²) < 4.78 is 26.8. The van der Waals surface area contributed by atoms with Crippen LogP contribution in [0.2, 0.25) is 0 Å². The molecule has 0 fully saturated rings. The highest BCUT2D eigenvalue weighted by Crippen LogP contribution is 2.24. The molecule has 112 valence electrons. The van der Waals surface area contributed by atoms with E-state index in [1.165, 1.54) is 16.4 Å². The van der Waals surface area contributed by atoms with Crippen LogP contribution in [0.15, 0.2) is 52.0 Å². The van der Waals surface area contributed by atoms with Gasteiger partial charge in [-0.2, -0.15) is 0 Å². The molecule has 0 unspecified atom stereocenters. The van der Waals surface area contributed by atoms with E-state index in [9.17, 15) is 8.42 Å². The van der Waals surface area contributed by atoms with Crippen molar-refractivity contribution in [3.05, 3.63) is 52.8 Å². The lowest BCUT2D eigenvalue weighted by atomic mass is 10.3. The van der Waals surface area contributed by atoms with Crippen molar-refractivity contribution in [2.45, 2.75) is 11.3 Å². The Kier molecular flexibility index (Phi) is 4.97. The van der Waals surface area contributed by atoms with Crippen LogP contribution in [0.1, 0.15) is 5.69 Å². The number of pyridine rings is 1. The molecule has 0 amide bonds. The Balaban J connectivity index is 2.13. The van der Waals surface area contributed by atoms with Crippen molar-refractivity contribution >= 4 is 31.6 Å². The minimum Gasteiger partial charge on any atom is -0.398 e. The maximum absolute atomic E-state index is 12.5. The van der Waals surface area contributed by atoms with Gasteiger partial charge in [-0.25, -0.2) is 12.7 Å². The number of likely N-dealkylation sites (N-methyl/N-ethyl adjacent to an activating group) is 1. The second kappa shape index (κ2) is 6.55. The zero-order valence-electron chi connectivity index (χ0n) is 11.5. The summed E-state index contributed by atoms with van der Waals surface area (Å²) in [5.41, 5.74) is 7.04. The molecule has 0 saturated heterocycles. The smallest absolute Gasteiger partial charge is 0.242 e. The fraction of sp³-hybridized carbons (Fsp3) is 0.214. The van der Waals surface area contributed by atoms with E-state index in [2.05, 4.69) is 20.9 Å². The summed E-state index contributed by atoms with van der Waals surface area (Å²) in [6, 6.07) is 10.2. The number of nitrogen functional groups attached to an aromatic ring is 1. The van der Waals surface area contributed by atoms with E-state index in [-0.39, 0.29) is 4.90 Å². The average molecular weight is 370 g/mol. The molecule has 0 aliphatic carbocycles. The standard InChI is InChI=1S/C14H16BrN3O2S/c1-18(9-7-11-4-2-3-8-17-11)21(19,20)12-5-6-14(16)13(15)10-12/h2-6,8,10H,7,9,16H2,1H3. The molecule has 0 spiro atoms.